The molecule has 0 aliphatic carbocycles. The van der Waals surface area contributed by atoms with Crippen LogP contribution in [0.4, 0.5) is 15.2 Å². The molecule has 1 aliphatic heterocycles. The maximum Gasteiger partial charge on any atom is 0.227 e. The van der Waals surface area contributed by atoms with Crippen molar-refractivity contribution in [1.82, 2.24) is 9.88 Å². The van der Waals surface area contributed by atoms with Gasteiger partial charge in [-0.3, -0.25) is 4.79 Å². The highest BCUT2D eigenvalue weighted by Crippen LogP contribution is 2.30. The van der Waals surface area contributed by atoms with Crippen LogP contribution in [-0.4, -0.2) is 48.5 Å². The Morgan fingerprint density at radius 3 is 2.57 bits per heavy atom. The molecule has 0 unspecified atom stereocenters. The number of amides is 1. The second kappa shape index (κ2) is 8.14. The maximum absolute atomic E-state index is 13.9. The summed E-state index contributed by atoms with van der Waals surface area (Å²) in [4.78, 5) is 21.1. The first-order valence-corrected chi connectivity index (χ1v) is 10.4. The van der Waals surface area contributed by atoms with Crippen LogP contribution < -0.4 is 10.2 Å². The van der Waals surface area contributed by atoms with E-state index in [9.17, 15) is 9.18 Å². The number of hydrogen-bond donors (Lipinski definition) is 1. The summed E-state index contributed by atoms with van der Waals surface area (Å²) in [6.07, 6.45) is 0.415. The number of thiazole rings is 1. The van der Waals surface area contributed by atoms with E-state index in [4.69, 9.17) is 0 Å². The van der Waals surface area contributed by atoms with Crippen LogP contribution in [0.3, 0.4) is 0 Å². The summed E-state index contributed by atoms with van der Waals surface area (Å²) < 4.78 is 14.7. The van der Waals surface area contributed by atoms with Gasteiger partial charge in [-0.15, -0.1) is 0 Å². The number of aromatic nitrogens is 1. The molecule has 28 heavy (non-hydrogen) atoms. The number of carbonyl (C=O) groups excluding carboxylic acids is 1. The molecule has 3 aromatic rings. The summed E-state index contributed by atoms with van der Waals surface area (Å²) in [6, 6.07) is 13.1. The molecule has 1 fully saturated rings. The van der Waals surface area contributed by atoms with Gasteiger partial charge in [-0.1, -0.05) is 29.5 Å². The molecule has 5 nitrogen and oxygen atoms in total. The number of benzene rings is 2. The number of rotatable bonds is 5. The highest BCUT2D eigenvalue weighted by Gasteiger charge is 2.23. The van der Waals surface area contributed by atoms with Crippen LogP contribution in [0.5, 0.6) is 0 Å². The average molecular weight is 399 g/mol. The van der Waals surface area contributed by atoms with E-state index in [0.29, 0.717) is 38.1 Å². The van der Waals surface area contributed by atoms with Gasteiger partial charge in [0.15, 0.2) is 5.13 Å². The van der Waals surface area contributed by atoms with Crippen LogP contribution in [0, 0.1) is 5.82 Å². The Kier molecular flexibility index (Phi) is 5.43. The third-order valence-electron chi connectivity index (χ3n) is 4.95. The van der Waals surface area contributed by atoms with Crippen LogP contribution in [0.15, 0.2) is 42.5 Å². The van der Waals surface area contributed by atoms with Crippen molar-refractivity contribution >= 4 is 38.3 Å². The first kappa shape index (κ1) is 18.7. The number of nitrogens with zero attached hydrogens (tertiary/aromatic N) is 3. The molecule has 146 valence electrons. The number of hydrogen-bond acceptors (Lipinski definition) is 5. The molecular weight excluding hydrogens is 375 g/mol. The summed E-state index contributed by atoms with van der Waals surface area (Å²) in [5.41, 5.74) is 2.53. The topological polar surface area (TPSA) is 48.5 Å². The lowest BCUT2D eigenvalue weighted by Gasteiger charge is -2.34. The van der Waals surface area contributed by atoms with Crippen molar-refractivity contribution in [2.75, 3.05) is 42.9 Å². The summed E-state index contributed by atoms with van der Waals surface area (Å²) in [5, 5.41) is 4.08. The van der Waals surface area contributed by atoms with Crippen LogP contribution >= 0.6 is 11.3 Å². The lowest BCUT2D eigenvalue weighted by Crippen LogP contribution is -2.49. The molecule has 2 aromatic carbocycles. The van der Waals surface area contributed by atoms with Crippen molar-refractivity contribution in [3.63, 3.8) is 0 Å². The van der Waals surface area contributed by atoms with Crippen molar-refractivity contribution in [1.29, 1.82) is 0 Å². The fraction of sp³-hybridized carbons (Fsp3) is 0.333. The monoisotopic (exact) mass is 398 g/mol. The van der Waals surface area contributed by atoms with Crippen LogP contribution in [0.2, 0.25) is 0 Å². The number of halogens is 1. The molecule has 7 heteroatoms. The predicted octanol–water partition coefficient (Wildman–Crippen LogP) is 3.76. The van der Waals surface area contributed by atoms with Gasteiger partial charge >= 0.3 is 0 Å². The van der Waals surface area contributed by atoms with Gasteiger partial charge in [0.1, 0.15) is 11.3 Å². The molecule has 1 aliphatic rings. The smallest absolute Gasteiger partial charge is 0.227 e. The lowest BCUT2D eigenvalue weighted by atomic mass is 10.1. The minimum absolute atomic E-state index is 0.145. The van der Waals surface area contributed by atoms with Crippen LogP contribution in [0.25, 0.3) is 10.2 Å². The van der Waals surface area contributed by atoms with E-state index in [1.54, 1.807) is 6.07 Å². The molecule has 4 rings (SSSR count). The highest BCUT2D eigenvalue weighted by atomic mass is 32.1. The van der Waals surface area contributed by atoms with E-state index in [1.807, 2.05) is 35.2 Å². The quantitative estimate of drug-likeness (QED) is 0.711. The number of fused-ring (bicyclic) bond motifs is 1. The van der Waals surface area contributed by atoms with E-state index in [2.05, 4.69) is 22.1 Å². The number of para-hydroxylation sites is 1. The zero-order valence-electron chi connectivity index (χ0n) is 15.8. The van der Waals surface area contributed by atoms with Crippen molar-refractivity contribution < 1.29 is 9.18 Å². The Labute approximate surface area is 167 Å². The zero-order chi connectivity index (χ0) is 19.5. The SMILES string of the molecule is CCNc1ccc(CC(=O)N2CCN(c3nc4c(F)cccc4s3)CC2)cc1. The largest absolute Gasteiger partial charge is 0.385 e. The maximum atomic E-state index is 13.9. The third-order valence-corrected chi connectivity index (χ3v) is 6.03. The summed E-state index contributed by atoms with van der Waals surface area (Å²) in [6.45, 7) is 5.68. The molecule has 0 atom stereocenters. The van der Waals surface area contributed by atoms with Gasteiger partial charge in [0.25, 0.3) is 0 Å². The Balaban J connectivity index is 1.35. The highest BCUT2D eigenvalue weighted by molar-refractivity contribution is 7.22. The second-order valence-electron chi connectivity index (χ2n) is 6.85. The fourth-order valence-corrected chi connectivity index (χ4v) is 4.45. The minimum atomic E-state index is -0.283. The van der Waals surface area contributed by atoms with Crippen LogP contribution in [-0.2, 0) is 11.2 Å². The van der Waals surface area contributed by atoms with E-state index >= 15 is 0 Å². The fourth-order valence-electron chi connectivity index (χ4n) is 3.42. The average Bonchev–Trinajstić information content (AvgIpc) is 3.16. The van der Waals surface area contributed by atoms with Crippen molar-refractivity contribution in [3.05, 3.63) is 53.8 Å². The number of carbonyl (C=O) groups is 1. The van der Waals surface area contributed by atoms with E-state index in [0.717, 1.165) is 27.6 Å². The van der Waals surface area contributed by atoms with E-state index in [1.165, 1.54) is 17.4 Å². The molecule has 0 bridgehead atoms. The summed E-state index contributed by atoms with van der Waals surface area (Å²) in [5.74, 6) is -0.139. The van der Waals surface area contributed by atoms with Gasteiger partial charge in [-0.05, 0) is 36.8 Å². The van der Waals surface area contributed by atoms with Gasteiger partial charge in [-0.25, -0.2) is 9.37 Å². The zero-order valence-corrected chi connectivity index (χ0v) is 16.6. The van der Waals surface area contributed by atoms with Crippen LogP contribution in [0.1, 0.15) is 12.5 Å². The molecule has 0 spiro atoms. The lowest BCUT2D eigenvalue weighted by molar-refractivity contribution is -0.130. The standard InChI is InChI=1S/C21H23FN4OS/c1-2-23-16-8-6-15(7-9-16)14-19(27)25-10-12-26(13-11-25)21-24-20-17(22)4-3-5-18(20)28-21/h3-9,23H,2,10-14H2,1H3. The molecule has 1 aromatic heterocycles. The molecule has 1 amide bonds. The molecule has 1 saturated heterocycles. The second-order valence-corrected chi connectivity index (χ2v) is 7.86. The molecule has 0 radical (unpaired) electrons. The third kappa shape index (κ3) is 3.94. The Bertz CT molecular complexity index is 964. The van der Waals surface area contributed by atoms with Gasteiger partial charge in [0, 0.05) is 38.4 Å². The Hall–Kier alpha value is -2.67. The number of nitrogens with one attached hydrogen (secondary N) is 1. The summed E-state index contributed by atoms with van der Waals surface area (Å²) in [7, 11) is 0. The van der Waals surface area contributed by atoms with Gasteiger partial charge in [0.2, 0.25) is 5.91 Å². The van der Waals surface area contributed by atoms with Crippen molar-refractivity contribution in [2.45, 2.75) is 13.3 Å². The van der Waals surface area contributed by atoms with E-state index < -0.39 is 0 Å². The van der Waals surface area contributed by atoms with Gasteiger partial charge in [-0.2, -0.15) is 0 Å². The van der Waals surface area contributed by atoms with Gasteiger partial charge < -0.3 is 15.1 Å². The van der Waals surface area contributed by atoms with Crippen molar-refractivity contribution in [3.8, 4) is 0 Å². The first-order valence-electron chi connectivity index (χ1n) is 9.54. The molecule has 0 saturated carbocycles. The van der Waals surface area contributed by atoms with Gasteiger partial charge in [0.05, 0.1) is 11.1 Å². The summed E-state index contributed by atoms with van der Waals surface area (Å²) >= 11 is 1.50. The Morgan fingerprint density at radius 1 is 1.14 bits per heavy atom. The molecular formula is C21H23FN4OS. The number of piperazine rings is 1. The number of anilines is 2. The molecule has 2 heterocycles. The Morgan fingerprint density at radius 2 is 1.89 bits per heavy atom. The van der Waals surface area contributed by atoms with E-state index in [-0.39, 0.29) is 11.7 Å². The molecule has 1 N–H and O–H groups in total. The predicted molar refractivity (Wildman–Crippen MR) is 113 cm³/mol. The first-order chi connectivity index (χ1) is 13.6. The normalized spacial score (nSPS) is 14.5. The minimum Gasteiger partial charge on any atom is -0.385 e. The van der Waals surface area contributed by atoms with Crippen molar-refractivity contribution in [2.24, 2.45) is 0 Å².